The predicted molar refractivity (Wildman–Crippen MR) is 132 cm³/mol. The third-order valence-corrected chi connectivity index (χ3v) is 5.15. The fourth-order valence-electron chi connectivity index (χ4n) is 3.59. The molecule has 0 saturated carbocycles. The number of anilines is 1. The highest BCUT2D eigenvalue weighted by Crippen LogP contribution is 2.32. The third kappa shape index (κ3) is 5.97. The summed E-state index contributed by atoms with van der Waals surface area (Å²) in [6.07, 6.45) is -0.607. The van der Waals surface area contributed by atoms with Crippen LogP contribution in [-0.4, -0.2) is 38.9 Å². The van der Waals surface area contributed by atoms with Crippen molar-refractivity contribution in [2.45, 2.75) is 32.7 Å². The molecule has 9 nitrogen and oxygen atoms in total. The van der Waals surface area contributed by atoms with E-state index in [9.17, 15) is 27.6 Å². The summed E-state index contributed by atoms with van der Waals surface area (Å²) >= 11 is 0. The van der Waals surface area contributed by atoms with Gasteiger partial charge in [0.2, 0.25) is 6.41 Å². The number of nitrogens with zero attached hydrogens (tertiary/aromatic N) is 3. The Bertz CT molecular complexity index is 1590. The lowest BCUT2D eigenvalue weighted by molar-refractivity contribution is -0.274. The number of rotatable bonds is 6. The summed E-state index contributed by atoms with van der Waals surface area (Å²) in [6.45, 7) is 5.27. The number of carbonyl (C=O) groups is 2. The Hall–Kier alpha value is -4.74. The molecule has 0 unspecified atom stereocenters. The van der Waals surface area contributed by atoms with Gasteiger partial charge in [0.25, 0.3) is 5.56 Å². The highest BCUT2D eigenvalue weighted by molar-refractivity contribution is 5.91. The van der Waals surface area contributed by atoms with Crippen molar-refractivity contribution in [1.29, 1.82) is 0 Å². The Labute approximate surface area is 213 Å². The number of nitrogens with one attached hydrogen (secondary N) is 1. The number of carbonyl (C=O) groups excluding carboxylic acids is 2. The van der Waals surface area contributed by atoms with Crippen LogP contribution < -0.4 is 15.6 Å². The number of alkyl halides is 3. The minimum absolute atomic E-state index is 0.154. The largest absolute Gasteiger partial charge is 0.573 e. The van der Waals surface area contributed by atoms with Gasteiger partial charge in [0.05, 0.1) is 27.8 Å². The summed E-state index contributed by atoms with van der Waals surface area (Å²) in [6, 6.07) is 9.85. The van der Waals surface area contributed by atoms with Crippen LogP contribution in [0.1, 0.15) is 31.1 Å². The van der Waals surface area contributed by atoms with Gasteiger partial charge in [-0.2, -0.15) is 0 Å². The molecule has 4 aromatic rings. The van der Waals surface area contributed by atoms with Gasteiger partial charge in [-0.15, -0.1) is 13.2 Å². The molecular formula is C26H21F3N4O5. The van der Waals surface area contributed by atoms with Crippen LogP contribution >= 0.6 is 0 Å². The van der Waals surface area contributed by atoms with Crippen LogP contribution in [0.15, 0.2) is 66.0 Å². The second-order valence-corrected chi connectivity index (χ2v) is 9.11. The highest BCUT2D eigenvalue weighted by Gasteiger charge is 2.32. The van der Waals surface area contributed by atoms with E-state index in [1.165, 1.54) is 18.6 Å². The SMILES string of the molecule is CC(C)(C)OC(=O)c1cncc(-c2ccc3c(=O)n(-c4ccc(OC(F)(F)F)c(NC=O)c4)cnc3c2)c1. The lowest BCUT2D eigenvalue weighted by atomic mass is 10.0. The molecule has 0 atom stereocenters. The van der Waals surface area contributed by atoms with Gasteiger partial charge in [-0.3, -0.25) is 19.1 Å². The maximum absolute atomic E-state index is 13.2. The van der Waals surface area contributed by atoms with Gasteiger partial charge in [-0.25, -0.2) is 9.78 Å². The van der Waals surface area contributed by atoms with E-state index in [4.69, 9.17) is 4.74 Å². The van der Waals surface area contributed by atoms with Gasteiger partial charge in [-0.05, 0) is 62.7 Å². The minimum Gasteiger partial charge on any atom is -0.456 e. The second kappa shape index (κ2) is 9.96. The zero-order valence-electron chi connectivity index (χ0n) is 20.4. The van der Waals surface area contributed by atoms with E-state index in [-0.39, 0.29) is 28.7 Å². The molecule has 38 heavy (non-hydrogen) atoms. The van der Waals surface area contributed by atoms with Gasteiger partial charge in [0, 0.05) is 18.0 Å². The predicted octanol–water partition coefficient (Wildman–Crippen LogP) is 4.87. The average molecular weight is 526 g/mol. The van der Waals surface area contributed by atoms with Gasteiger partial charge in [0.15, 0.2) is 5.75 Å². The summed E-state index contributed by atoms with van der Waals surface area (Å²) in [7, 11) is 0. The molecule has 4 rings (SSSR count). The Morgan fingerprint density at radius 1 is 1.03 bits per heavy atom. The number of halogens is 3. The number of aromatic nitrogens is 3. The van der Waals surface area contributed by atoms with E-state index in [2.05, 4.69) is 20.0 Å². The Morgan fingerprint density at radius 3 is 2.47 bits per heavy atom. The fraction of sp³-hybridized carbons (Fsp3) is 0.192. The van der Waals surface area contributed by atoms with E-state index in [0.717, 1.165) is 16.7 Å². The first-order valence-corrected chi connectivity index (χ1v) is 11.2. The number of hydrogen-bond donors (Lipinski definition) is 1. The topological polar surface area (TPSA) is 112 Å². The molecule has 0 aliphatic rings. The summed E-state index contributed by atoms with van der Waals surface area (Å²) < 4.78 is 48.5. The molecule has 12 heteroatoms. The van der Waals surface area contributed by atoms with E-state index in [1.54, 1.807) is 51.2 Å². The van der Waals surface area contributed by atoms with Gasteiger partial charge in [0.1, 0.15) is 11.9 Å². The molecule has 0 bridgehead atoms. The molecule has 2 heterocycles. The molecule has 0 radical (unpaired) electrons. The summed E-state index contributed by atoms with van der Waals surface area (Å²) in [5.41, 5.74) is 0.556. The quantitative estimate of drug-likeness (QED) is 0.282. The molecule has 0 aliphatic carbocycles. The fourth-order valence-corrected chi connectivity index (χ4v) is 3.59. The smallest absolute Gasteiger partial charge is 0.456 e. The van der Waals surface area contributed by atoms with Crippen molar-refractivity contribution in [3.05, 3.63) is 77.1 Å². The molecule has 2 aromatic carbocycles. The summed E-state index contributed by atoms with van der Waals surface area (Å²) in [5, 5.41) is 2.37. The monoisotopic (exact) mass is 526 g/mol. The molecular weight excluding hydrogens is 505 g/mol. The number of amides is 1. The van der Waals surface area contributed by atoms with Crippen LogP contribution in [0.2, 0.25) is 0 Å². The van der Waals surface area contributed by atoms with Crippen LogP contribution in [0.25, 0.3) is 27.7 Å². The Kier molecular flexibility index (Phi) is 6.90. The van der Waals surface area contributed by atoms with Crippen molar-refractivity contribution >= 4 is 29.0 Å². The Morgan fingerprint density at radius 2 is 1.79 bits per heavy atom. The van der Waals surface area contributed by atoms with Crippen molar-refractivity contribution in [2.24, 2.45) is 0 Å². The highest BCUT2D eigenvalue weighted by atomic mass is 19.4. The average Bonchev–Trinajstić information content (AvgIpc) is 2.84. The van der Waals surface area contributed by atoms with Crippen LogP contribution in [-0.2, 0) is 9.53 Å². The maximum Gasteiger partial charge on any atom is 0.573 e. The van der Waals surface area contributed by atoms with Crippen molar-refractivity contribution in [1.82, 2.24) is 14.5 Å². The molecule has 2 aromatic heterocycles. The standard InChI is InChI=1S/C26H21F3N4O5/c1-25(2,3)38-24(36)17-8-16(11-30-12-17)15-4-6-19-20(9-15)31-13-33(23(19)35)18-5-7-22(37-26(27,28)29)21(10-18)32-14-34/h4-14H,1-3H3,(H,32,34). The summed E-state index contributed by atoms with van der Waals surface area (Å²) in [5.74, 6) is -1.16. The van der Waals surface area contributed by atoms with Crippen molar-refractivity contribution in [3.63, 3.8) is 0 Å². The van der Waals surface area contributed by atoms with E-state index in [1.807, 2.05) is 0 Å². The van der Waals surface area contributed by atoms with Gasteiger partial charge >= 0.3 is 12.3 Å². The first-order valence-electron chi connectivity index (χ1n) is 11.2. The normalized spacial score (nSPS) is 11.7. The van der Waals surface area contributed by atoms with Gasteiger partial charge < -0.3 is 14.8 Å². The molecule has 1 amide bonds. The number of benzene rings is 2. The Balaban J connectivity index is 1.70. The van der Waals surface area contributed by atoms with Gasteiger partial charge in [-0.1, -0.05) is 6.07 Å². The van der Waals surface area contributed by atoms with E-state index in [0.29, 0.717) is 16.6 Å². The molecule has 0 spiro atoms. The van der Waals surface area contributed by atoms with Crippen molar-refractivity contribution in [2.75, 3.05) is 5.32 Å². The lowest BCUT2D eigenvalue weighted by Crippen LogP contribution is -2.24. The molecule has 0 saturated heterocycles. The zero-order valence-corrected chi connectivity index (χ0v) is 20.4. The molecule has 0 aliphatic heterocycles. The van der Waals surface area contributed by atoms with E-state index >= 15 is 0 Å². The first-order chi connectivity index (χ1) is 17.8. The van der Waals surface area contributed by atoms with Crippen LogP contribution in [0, 0.1) is 0 Å². The van der Waals surface area contributed by atoms with Crippen LogP contribution in [0.3, 0.4) is 0 Å². The molecule has 196 valence electrons. The van der Waals surface area contributed by atoms with Crippen molar-refractivity contribution < 1.29 is 32.2 Å². The maximum atomic E-state index is 13.2. The molecule has 1 N–H and O–H groups in total. The van der Waals surface area contributed by atoms with Crippen molar-refractivity contribution in [3.8, 4) is 22.6 Å². The summed E-state index contributed by atoms with van der Waals surface area (Å²) in [4.78, 5) is 44.9. The second-order valence-electron chi connectivity index (χ2n) is 9.11. The number of ether oxygens (including phenoxy) is 2. The minimum atomic E-state index is -4.97. The number of hydrogen-bond acceptors (Lipinski definition) is 7. The van der Waals surface area contributed by atoms with Crippen LogP contribution in [0.4, 0.5) is 18.9 Å². The number of fused-ring (bicyclic) bond motifs is 1. The first kappa shape index (κ1) is 26.3. The number of pyridine rings is 1. The number of esters is 1. The third-order valence-electron chi connectivity index (χ3n) is 5.15. The van der Waals surface area contributed by atoms with Crippen LogP contribution in [0.5, 0.6) is 5.75 Å². The lowest BCUT2D eigenvalue weighted by Gasteiger charge is -2.19. The molecule has 0 fully saturated rings. The zero-order chi connectivity index (χ0) is 27.7. The van der Waals surface area contributed by atoms with E-state index < -0.39 is 29.2 Å².